The molecule has 4 N–H and O–H groups in total. The van der Waals surface area contributed by atoms with E-state index >= 15 is 0 Å². The maximum Gasteiger partial charge on any atom is 0.438 e. The van der Waals surface area contributed by atoms with Crippen LogP contribution >= 0.6 is 0 Å². The summed E-state index contributed by atoms with van der Waals surface area (Å²) in [6.45, 7) is 0. The summed E-state index contributed by atoms with van der Waals surface area (Å²) in [5.74, 6) is -60.5. The molecule has 25 heteroatoms. The number of rotatable bonds is 11. The van der Waals surface area contributed by atoms with Crippen LogP contribution in [0.15, 0.2) is 0 Å². The molecule has 1 unspecified atom stereocenters. The Kier molecular flexibility index (Phi) is 9.75. The Morgan fingerprint density at radius 1 is 0.541 bits per heavy atom. The Morgan fingerprint density at radius 3 is 1.08 bits per heavy atom. The Labute approximate surface area is 190 Å². The lowest BCUT2D eigenvalue weighted by atomic mass is 9.87. The molecule has 0 bridgehead atoms. The van der Waals surface area contributed by atoms with Gasteiger partial charge in [0.05, 0.1) is 0 Å². The summed E-state index contributed by atoms with van der Waals surface area (Å²) in [5, 5.41) is -7.95. The standard InChI is InChI=1S/C12H6F20O3S.H3N/c13-3(1-2-4(14,15)16)5(17,18)6(19,20)7(21,22)8(23,24)9(25,26)10(27,28)11(29,30)12(31,32)36(33,34)35;/h3H,1-2H2,(H,33,34,35);1H3. The Bertz CT molecular complexity index is 910. The third-order valence-electron chi connectivity index (χ3n) is 4.15. The maximum atomic E-state index is 13.5. The van der Waals surface area contributed by atoms with Crippen molar-refractivity contribution in [1.82, 2.24) is 6.15 Å². The Hall–Kier alpha value is -1.53. The molecule has 0 saturated carbocycles. The van der Waals surface area contributed by atoms with E-state index < -0.39 is 82.0 Å². The molecule has 4 nitrogen and oxygen atoms in total. The summed E-state index contributed by atoms with van der Waals surface area (Å²) < 4.78 is 290. The third kappa shape index (κ3) is 5.34. The first-order valence-corrected chi connectivity index (χ1v) is 9.27. The van der Waals surface area contributed by atoms with E-state index in [2.05, 4.69) is 0 Å². The van der Waals surface area contributed by atoms with Crippen LogP contribution in [0, 0.1) is 0 Å². The van der Waals surface area contributed by atoms with Crippen molar-refractivity contribution in [3.05, 3.63) is 0 Å². The van der Waals surface area contributed by atoms with Crippen LogP contribution in [0.1, 0.15) is 12.8 Å². The van der Waals surface area contributed by atoms with Crippen molar-refractivity contribution in [3.63, 3.8) is 0 Å². The molecule has 37 heavy (non-hydrogen) atoms. The minimum atomic E-state index is -9.06. The van der Waals surface area contributed by atoms with Gasteiger partial charge in [0.2, 0.25) is 0 Å². The van der Waals surface area contributed by atoms with Crippen LogP contribution in [0.25, 0.3) is 0 Å². The van der Waals surface area contributed by atoms with Crippen LogP contribution in [0.5, 0.6) is 0 Å². The predicted octanol–water partition coefficient (Wildman–Crippen LogP) is 6.76. The molecule has 226 valence electrons. The highest BCUT2D eigenvalue weighted by atomic mass is 32.2. The smallest absolute Gasteiger partial charge is 0.344 e. The van der Waals surface area contributed by atoms with Gasteiger partial charge in [-0.3, -0.25) is 4.55 Å². The van der Waals surface area contributed by atoms with Gasteiger partial charge in [-0.05, 0) is 6.42 Å². The largest absolute Gasteiger partial charge is 0.438 e. The summed E-state index contributed by atoms with van der Waals surface area (Å²) >= 11 is 0. The van der Waals surface area contributed by atoms with E-state index in [1.54, 1.807) is 0 Å². The van der Waals surface area contributed by atoms with Crippen LogP contribution in [0.4, 0.5) is 87.8 Å². The summed E-state index contributed by atoms with van der Waals surface area (Å²) in [6, 6.07) is 0. The van der Waals surface area contributed by atoms with E-state index in [0.717, 1.165) is 0 Å². The maximum absolute atomic E-state index is 13.5. The van der Waals surface area contributed by atoms with E-state index in [9.17, 15) is 96.2 Å². The zero-order chi connectivity index (χ0) is 30.0. The van der Waals surface area contributed by atoms with Gasteiger partial charge in [-0.2, -0.15) is 91.8 Å². The molecular formula is C12H9F20NO3S. The lowest BCUT2D eigenvalue weighted by Crippen LogP contribution is -2.75. The van der Waals surface area contributed by atoms with Crippen LogP contribution in [-0.4, -0.2) is 72.0 Å². The molecule has 0 spiro atoms. The molecule has 0 fully saturated rings. The lowest BCUT2D eigenvalue weighted by Gasteiger charge is -2.43. The first-order chi connectivity index (χ1) is 15.1. The molecule has 0 aliphatic heterocycles. The summed E-state index contributed by atoms with van der Waals surface area (Å²) in [4.78, 5) is 0. The van der Waals surface area contributed by atoms with Crippen molar-refractivity contribution >= 4 is 10.1 Å². The fraction of sp³-hybridized carbons (Fsp3) is 1.00. The highest BCUT2D eigenvalue weighted by Gasteiger charge is 2.96. The van der Waals surface area contributed by atoms with Gasteiger partial charge in [0.15, 0.2) is 6.17 Å². The Balaban J connectivity index is 0. The van der Waals surface area contributed by atoms with Crippen molar-refractivity contribution in [3.8, 4) is 0 Å². The lowest BCUT2D eigenvalue weighted by molar-refractivity contribution is -0.451. The van der Waals surface area contributed by atoms with Crippen LogP contribution in [0.2, 0.25) is 0 Å². The molecule has 0 aromatic carbocycles. The molecule has 0 aliphatic rings. The van der Waals surface area contributed by atoms with Gasteiger partial charge in [0.1, 0.15) is 0 Å². The second kappa shape index (κ2) is 9.59. The van der Waals surface area contributed by atoms with Gasteiger partial charge < -0.3 is 6.15 Å². The molecule has 0 aliphatic carbocycles. The summed E-state index contributed by atoms with van der Waals surface area (Å²) in [7, 11) is -8.00. The molecule has 0 rings (SSSR count). The van der Waals surface area contributed by atoms with Gasteiger partial charge in [0, 0.05) is 6.42 Å². The molecule has 0 saturated heterocycles. The van der Waals surface area contributed by atoms with Gasteiger partial charge >= 0.3 is 63.0 Å². The summed E-state index contributed by atoms with van der Waals surface area (Å²) in [6.07, 6.45) is -16.8. The van der Waals surface area contributed by atoms with Crippen molar-refractivity contribution in [1.29, 1.82) is 0 Å². The van der Waals surface area contributed by atoms with Crippen LogP contribution in [-0.2, 0) is 10.1 Å². The topological polar surface area (TPSA) is 89.4 Å². The second-order valence-corrected chi connectivity index (χ2v) is 8.15. The van der Waals surface area contributed by atoms with E-state index in [1.165, 1.54) is 0 Å². The molecule has 0 aromatic rings. The molecule has 0 amide bonds. The normalized spacial score (nSPS) is 16.9. The molecule has 1 atom stereocenters. The SMILES string of the molecule is N.O=S(=O)(O)C(F)(F)C(F)(F)C(F)(F)C(F)(F)C(F)(F)C(F)(F)C(F)(F)C(F)(F)C(F)CCC(F)(F)F. The monoisotopic (exact) mass is 627 g/mol. The van der Waals surface area contributed by atoms with Crippen molar-refractivity contribution in [2.75, 3.05) is 0 Å². The quantitative estimate of drug-likeness (QED) is 0.196. The highest BCUT2D eigenvalue weighted by Crippen LogP contribution is 2.64. The van der Waals surface area contributed by atoms with E-state index in [0.29, 0.717) is 0 Å². The number of halogens is 20. The average molecular weight is 627 g/mol. The van der Waals surface area contributed by atoms with Gasteiger partial charge in [0.25, 0.3) is 0 Å². The van der Waals surface area contributed by atoms with E-state index in [1.807, 2.05) is 0 Å². The fourth-order valence-corrected chi connectivity index (χ4v) is 2.46. The average Bonchev–Trinajstić information content (AvgIpc) is 2.63. The zero-order valence-corrected chi connectivity index (χ0v) is 17.2. The second-order valence-electron chi connectivity index (χ2n) is 6.68. The van der Waals surface area contributed by atoms with Gasteiger partial charge in [-0.1, -0.05) is 0 Å². The predicted molar refractivity (Wildman–Crippen MR) is 76.3 cm³/mol. The first-order valence-electron chi connectivity index (χ1n) is 7.83. The minimum absolute atomic E-state index is 0. The number of hydrogen-bond acceptors (Lipinski definition) is 3. The highest BCUT2D eigenvalue weighted by molar-refractivity contribution is 7.87. The zero-order valence-electron chi connectivity index (χ0n) is 16.4. The molecule has 0 aromatic heterocycles. The number of alkyl halides is 20. The molecule has 0 heterocycles. The number of hydrogen-bond donors (Lipinski definition) is 2. The fourth-order valence-electron chi connectivity index (χ4n) is 2.01. The third-order valence-corrected chi connectivity index (χ3v) is 5.06. The minimum Gasteiger partial charge on any atom is -0.344 e. The molecule has 0 radical (unpaired) electrons. The van der Waals surface area contributed by atoms with Gasteiger partial charge in [-0.15, -0.1) is 0 Å². The Morgan fingerprint density at radius 2 is 0.811 bits per heavy atom. The first kappa shape index (κ1) is 37.6. The van der Waals surface area contributed by atoms with Crippen LogP contribution < -0.4 is 6.15 Å². The summed E-state index contributed by atoms with van der Waals surface area (Å²) in [5.41, 5.74) is 0. The van der Waals surface area contributed by atoms with Crippen molar-refractivity contribution < 1.29 is 101 Å². The van der Waals surface area contributed by atoms with Crippen LogP contribution in [0.3, 0.4) is 0 Å². The molecular weight excluding hydrogens is 618 g/mol. The van der Waals surface area contributed by atoms with E-state index in [-0.39, 0.29) is 6.15 Å². The van der Waals surface area contributed by atoms with E-state index in [4.69, 9.17) is 4.55 Å². The van der Waals surface area contributed by atoms with Crippen molar-refractivity contribution in [2.24, 2.45) is 0 Å². The van der Waals surface area contributed by atoms with Gasteiger partial charge in [-0.25, -0.2) is 4.39 Å². The van der Waals surface area contributed by atoms with Crippen molar-refractivity contribution in [2.45, 2.75) is 71.9 Å².